The fourth-order valence-electron chi connectivity index (χ4n) is 3.03. The van der Waals surface area contributed by atoms with Gasteiger partial charge in [-0.05, 0) is 19.3 Å². The van der Waals surface area contributed by atoms with Crippen LogP contribution < -0.4 is 5.32 Å². The van der Waals surface area contributed by atoms with Crippen LogP contribution in [0.2, 0.25) is 0 Å². The number of nitrogens with one attached hydrogen (secondary N) is 1. The van der Waals surface area contributed by atoms with Gasteiger partial charge in [0.2, 0.25) is 0 Å². The lowest BCUT2D eigenvalue weighted by Gasteiger charge is -2.16. The van der Waals surface area contributed by atoms with Crippen LogP contribution >= 0.6 is 0 Å². The van der Waals surface area contributed by atoms with Gasteiger partial charge in [-0.2, -0.15) is 5.10 Å². The number of likely N-dealkylation sites (tertiary alicyclic amines) is 1. The van der Waals surface area contributed by atoms with Gasteiger partial charge >= 0.3 is 0 Å². The largest absolute Gasteiger partial charge is 0.348 e. The molecule has 0 bridgehead atoms. The van der Waals surface area contributed by atoms with E-state index in [9.17, 15) is 13.6 Å². The first-order valence-corrected chi connectivity index (χ1v) is 6.99. The normalized spacial score (nSPS) is 22.4. The first-order valence-electron chi connectivity index (χ1n) is 6.99. The second kappa shape index (κ2) is 5.47. The number of aromatic nitrogens is 2. The molecule has 110 valence electrons. The summed E-state index contributed by atoms with van der Waals surface area (Å²) in [6.07, 6.45) is 1.92. The molecule has 0 saturated carbocycles. The molecule has 1 unspecified atom stereocenters. The molecule has 3 heterocycles. The minimum atomic E-state index is -2.32. The zero-order chi connectivity index (χ0) is 14.1. The molecule has 0 radical (unpaired) electrons. The van der Waals surface area contributed by atoms with Crippen molar-refractivity contribution in [2.24, 2.45) is 0 Å². The summed E-state index contributed by atoms with van der Waals surface area (Å²) in [4.78, 5) is 13.9. The van der Waals surface area contributed by atoms with Crippen molar-refractivity contribution in [3.63, 3.8) is 0 Å². The predicted molar refractivity (Wildman–Crippen MR) is 68.9 cm³/mol. The number of alkyl halides is 2. The quantitative estimate of drug-likeness (QED) is 0.893. The summed E-state index contributed by atoms with van der Waals surface area (Å²) in [5, 5.41) is 7.13. The molecule has 20 heavy (non-hydrogen) atoms. The second-order valence-corrected chi connectivity index (χ2v) is 5.44. The van der Waals surface area contributed by atoms with E-state index < -0.39 is 6.43 Å². The highest BCUT2D eigenvalue weighted by atomic mass is 19.3. The van der Waals surface area contributed by atoms with Crippen molar-refractivity contribution in [1.82, 2.24) is 20.0 Å². The molecule has 1 atom stereocenters. The van der Waals surface area contributed by atoms with Crippen LogP contribution in [-0.2, 0) is 13.0 Å². The van der Waals surface area contributed by atoms with Gasteiger partial charge in [0, 0.05) is 25.7 Å². The molecule has 0 spiro atoms. The van der Waals surface area contributed by atoms with Gasteiger partial charge in [0.15, 0.2) is 0 Å². The molecular formula is C13H18F2N4O. The van der Waals surface area contributed by atoms with Crippen LogP contribution in [0.3, 0.4) is 0 Å². The third-order valence-corrected chi connectivity index (χ3v) is 3.98. The van der Waals surface area contributed by atoms with Gasteiger partial charge in [-0.1, -0.05) is 0 Å². The lowest BCUT2D eigenvalue weighted by Crippen LogP contribution is -2.38. The van der Waals surface area contributed by atoms with E-state index in [4.69, 9.17) is 0 Å². The topological polar surface area (TPSA) is 50.2 Å². The summed E-state index contributed by atoms with van der Waals surface area (Å²) < 4.78 is 26.5. The number of carbonyl (C=O) groups is 1. The summed E-state index contributed by atoms with van der Waals surface area (Å²) in [7, 11) is 0. The van der Waals surface area contributed by atoms with Crippen LogP contribution in [0.4, 0.5) is 8.78 Å². The first kappa shape index (κ1) is 13.5. The van der Waals surface area contributed by atoms with E-state index in [1.165, 1.54) is 0 Å². The molecule has 1 fully saturated rings. The molecule has 1 aromatic rings. The smallest absolute Gasteiger partial charge is 0.255 e. The van der Waals surface area contributed by atoms with E-state index in [0.717, 1.165) is 31.5 Å². The summed E-state index contributed by atoms with van der Waals surface area (Å²) in [6.45, 7) is 1.77. The van der Waals surface area contributed by atoms with Crippen molar-refractivity contribution in [3.8, 4) is 0 Å². The Kier molecular flexibility index (Phi) is 3.69. The Bertz CT molecular complexity index is 503. The number of carbonyl (C=O) groups excluding carboxylic acids is 1. The zero-order valence-corrected chi connectivity index (χ0v) is 11.2. The Balaban J connectivity index is 1.57. The zero-order valence-electron chi connectivity index (χ0n) is 11.2. The maximum atomic E-state index is 12.3. The average Bonchev–Trinajstić information content (AvgIpc) is 3.03. The first-order chi connectivity index (χ1) is 9.63. The molecule has 1 amide bonds. The number of fused-ring (bicyclic) bond motifs is 1. The van der Waals surface area contributed by atoms with Gasteiger partial charge in [-0.15, -0.1) is 0 Å². The van der Waals surface area contributed by atoms with E-state index >= 15 is 0 Å². The third-order valence-electron chi connectivity index (χ3n) is 3.98. The van der Waals surface area contributed by atoms with E-state index in [-0.39, 0.29) is 18.5 Å². The van der Waals surface area contributed by atoms with Crippen LogP contribution in [0, 0.1) is 0 Å². The van der Waals surface area contributed by atoms with Gasteiger partial charge in [0.05, 0.1) is 24.0 Å². The van der Waals surface area contributed by atoms with Crippen LogP contribution in [0.25, 0.3) is 0 Å². The molecular weight excluding hydrogens is 266 g/mol. The third kappa shape index (κ3) is 2.67. The molecule has 2 aliphatic rings. The Hall–Kier alpha value is -1.50. The highest BCUT2D eigenvalue weighted by molar-refractivity contribution is 5.95. The summed E-state index contributed by atoms with van der Waals surface area (Å²) in [6, 6.07) is -0.0433. The van der Waals surface area contributed by atoms with E-state index in [2.05, 4.69) is 10.4 Å². The number of hydrogen-bond donors (Lipinski definition) is 1. The van der Waals surface area contributed by atoms with Gasteiger partial charge in [-0.25, -0.2) is 8.78 Å². The summed E-state index contributed by atoms with van der Waals surface area (Å²) in [5.74, 6) is -0.128. The Morgan fingerprint density at radius 1 is 1.50 bits per heavy atom. The summed E-state index contributed by atoms with van der Waals surface area (Å²) >= 11 is 0. The van der Waals surface area contributed by atoms with Gasteiger partial charge in [0.1, 0.15) is 0 Å². The average molecular weight is 284 g/mol. The van der Waals surface area contributed by atoms with Crippen molar-refractivity contribution in [2.75, 3.05) is 19.6 Å². The molecule has 7 heteroatoms. The maximum Gasteiger partial charge on any atom is 0.255 e. The molecule has 0 aliphatic carbocycles. The molecule has 1 aromatic heterocycles. The predicted octanol–water partition coefficient (Wildman–Crippen LogP) is 0.898. The van der Waals surface area contributed by atoms with Crippen molar-refractivity contribution < 1.29 is 13.6 Å². The van der Waals surface area contributed by atoms with Crippen molar-refractivity contribution in [2.45, 2.75) is 38.3 Å². The highest BCUT2D eigenvalue weighted by Crippen LogP contribution is 2.19. The molecule has 1 saturated heterocycles. The Labute approximate surface area is 115 Å². The summed E-state index contributed by atoms with van der Waals surface area (Å²) in [5.41, 5.74) is 1.62. The standard InChI is InChI=1S/C13H18F2N4O/c14-12(15)8-18-5-3-9(7-18)17-13(20)10-6-16-19-4-1-2-11(10)19/h6,9,12H,1-5,7-8H2,(H,17,20). The van der Waals surface area contributed by atoms with Gasteiger partial charge in [0.25, 0.3) is 12.3 Å². The van der Waals surface area contributed by atoms with E-state index in [1.807, 2.05) is 4.68 Å². The highest BCUT2D eigenvalue weighted by Gasteiger charge is 2.28. The minimum Gasteiger partial charge on any atom is -0.348 e. The molecule has 0 aromatic carbocycles. The minimum absolute atomic E-state index is 0.0433. The molecule has 5 nitrogen and oxygen atoms in total. The van der Waals surface area contributed by atoms with Gasteiger partial charge in [-0.3, -0.25) is 14.4 Å². The fraction of sp³-hybridized carbons (Fsp3) is 0.692. The molecule has 1 N–H and O–H groups in total. The van der Waals surface area contributed by atoms with Crippen LogP contribution in [0.5, 0.6) is 0 Å². The van der Waals surface area contributed by atoms with E-state index in [1.54, 1.807) is 11.1 Å². The second-order valence-electron chi connectivity index (χ2n) is 5.44. The van der Waals surface area contributed by atoms with Crippen molar-refractivity contribution in [3.05, 3.63) is 17.5 Å². The Morgan fingerprint density at radius 2 is 2.35 bits per heavy atom. The van der Waals surface area contributed by atoms with Crippen molar-refractivity contribution in [1.29, 1.82) is 0 Å². The van der Waals surface area contributed by atoms with E-state index in [0.29, 0.717) is 18.7 Å². The Morgan fingerprint density at radius 3 is 3.15 bits per heavy atom. The van der Waals surface area contributed by atoms with Crippen molar-refractivity contribution >= 4 is 5.91 Å². The monoisotopic (exact) mass is 284 g/mol. The van der Waals surface area contributed by atoms with Crippen LogP contribution in [-0.4, -0.2) is 52.7 Å². The maximum absolute atomic E-state index is 12.3. The van der Waals surface area contributed by atoms with Gasteiger partial charge < -0.3 is 5.32 Å². The van der Waals surface area contributed by atoms with Crippen LogP contribution in [0.1, 0.15) is 28.9 Å². The number of aryl methyl sites for hydroxylation is 1. The number of halogens is 2. The lowest BCUT2D eigenvalue weighted by atomic mass is 10.1. The lowest BCUT2D eigenvalue weighted by molar-refractivity contribution is 0.0917. The number of nitrogens with zero attached hydrogens (tertiary/aromatic N) is 3. The molecule has 2 aliphatic heterocycles. The fourth-order valence-corrected chi connectivity index (χ4v) is 3.03. The molecule has 3 rings (SSSR count). The number of amides is 1. The van der Waals surface area contributed by atoms with Crippen LogP contribution in [0.15, 0.2) is 6.20 Å². The number of rotatable bonds is 4. The number of hydrogen-bond acceptors (Lipinski definition) is 3. The SMILES string of the molecule is O=C(NC1CCN(CC(F)F)C1)c1cnn2c1CCC2.